The Bertz CT molecular complexity index is 425. The summed E-state index contributed by atoms with van der Waals surface area (Å²) in [7, 11) is 0. The maximum atomic E-state index is 8.90. The molecule has 20 heavy (non-hydrogen) atoms. The van der Waals surface area contributed by atoms with E-state index in [1.54, 1.807) is 0 Å². The van der Waals surface area contributed by atoms with E-state index in [-0.39, 0.29) is 12.1 Å². The lowest BCUT2D eigenvalue weighted by atomic mass is 9.89. The first kappa shape index (κ1) is 14.0. The fourth-order valence-corrected chi connectivity index (χ4v) is 2.87. The van der Waals surface area contributed by atoms with Crippen LogP contribution in [0.25, 0.3) is 0 Å². The van der Waals surface area contributed by atoms with E-state index in [4.69, 9.17) is 19.1 Å². The van der Waals surface area contributed by atoms with Crippen LogP contribution in [0.2, 0.25) is 0 Å². The molecule has 3 heterocycles. The molecule has 0 aromatic carbocycles. The van der Waals surface area contributed by atoms with Gasteiger partial charge in [0.05, 0.1) is 31.1 Å². The topological polar surface area (TPSA) is 76.8 Å². The summed E-state index contributed by atoms with van der Waals surface area (Å²) >= 11 is 0. The first-order chi connectivity index (χ1) is 9.80. The van der Waals surface area contributed by atoms with E-state index in [0.29, 0.717) is 25.7 Å². The third-order valence-corrected chi connectivity index (χ3v) is 3.97. The van der Waals surface area contributed by atoms with Crippen molar-refractivity contribution in [1.82, 2.24) is 10.5 Å². The Morgan fingerprint density at radius 1 is 1.30 bits per heavy atom. The molecule has 0 saturated carbocycles. The van der Waals surface area contributed by atoms with Gasteiger partial charge in [0, 0.05) is 38.2 Å². The molecule has 6 heteroatoms. The number of aliphatic hydroxyl groups excluding tert-OH is 1. The zero-order chi connectivity index (χ0) is 13.8. The number of hydrogen-bond donors (Lipinski definition) is 2. The molecule has 2 N–H and O–H groups in total. The Labute approximate surface area is 118 Å². The predicted octanol–water partition coefficient (Wildman–Crippen LogP) is 0.290. The maximum Gasteiger partial charge on any atom is 0.139 e. The quantitative estimate of drug-likeness (QED) is 0.781. The molecule has 0 radical (unpaired) electrons. The van der Waals surface area contributed by atoms with Crippen LogP contribution in [0, 0.1) is 0 Å². The fraction of sp³-hybridized carbons (Fsp3) is 0.786. The first-order valence-electron chi connectivity index (χ1n) is 7.28. The van der Waals surface area contributed by atoms with Crippen LogP contribution in [0.4, 0.5) is 0 Å². The Balaban J connectivity index is 1.59. The molecule has 2 aliphatic rings. The maximum absolute atomic E-state index is 8.90. The van der Waals surface area contributed by atoms with E-state index in [1.165, 1.54) is 0 Å². The van der Waals surface area contributed by atoms with E-state index in [0.717, 1.165) is 43.9 Å². The van der Waals surface area contributed by atoms with E-state index in [9.17, 15) is 0 Å². The van der Waals surface area contributed by atoms with Crippen molar-refractivity contribution in [2.45, 2.75) is 37.3 Å². The van der Waals surface area contributed by atoms with Crippen molar-refractivity contribution in [2.75, 3.05) is 33.0 Å². The molecule has 0 aliphatic carbocycles. The van der Waals surface area contributed by atoms with Gasteiger partial charge in [-0.3, -0.25) is 0 Å². The van der Waals surface area contributed by atoms with Gasteiger partial charge in [0.2, 0.25) is 0 Å². The molecular weight excluding hydrogens is 260 g/mol. The van der Waals surface area contributed by atoms with Crippen molar-refractivity contribution >= 4 is 0 Å². The van der Waals surface area contributed by atoms with Gasteiger partial charge in [-0.2, -0.15) is 0 Å². The zero-order valence-electron chi connectivity index (χ0n) is 11.6. The van der Waals surface area contributed by atoms with Crippen molar-refractivity contribution in [1.29, 1.82) is 0 Å². The number of aromatic nitrogens is 1. The van der Waals surface area contributed by atoms with Crippen LogP contribution >= 0.6 is 0 Å². The Kier molecular flexibility index (Phi) is 4.35. The monoisotopic (exact) mass is 282 g/mol. The summed E-state index contributed by atoms with van der Waals surface area (Å²) in [5.41, 5.74) is 0.909. The van der Waals surface area contributed by atoms with Gasteiger partial charge in [-0.15, -0.1) is 0 Å². The third-order valence-electron chi connectivity index (χ3n) is 3.97. The van der Waals surface area contributed by atoms with E-state index in [1.807, 2.05) is 6.07 Å². The lowest BCUT2D eigenvalue weighted by molar-refractivity contribution is -0.0854. The highest BCUT2D eigenvalue weighted by Gasteiger charge is 2.41. The lowest BCUT2D eigenvalue weighted by Crippen LogP contribution is -2.65. The number of ether oxygens (including phenoxy) is 2. The molecule has 0 bridgehead atoms. The first-order valence-corrected chi connectivity index (χ1v) is 7.28. The van der Waals surface area contributed by atoms with E-state index in [2.05, 4.69) is 10.5 Å². The summed E-state index contributed by atoms with van der Waals surface area (Å²) in [6, 6.07) is 2.43. The highest BCUT2D eigenvalue weighted by Crippen LogP contribution is 2.25. The molecule has 0 unspecified atom stereocenters. The van der Waals surface area contributed by atoms with Crippen molar-refractivity contribution in [3.8, 4) is 0 Å². The number of nitrogens with one attached hydrogen (secondary N) is 1. The van der Waals surface area contributed by atoms with Crippen molar-refractivity contribution in [3.63, 3.8) is 0 Å². The summed E-state index contributed by atoms with van der Waals surface area (Å²) in [5.74, 6) is 0.740. The summed E-state index contributed by atoms with van der Waals surface area (Å²) < 4.78 is 16.0. The van der Waals surface area contributed by atoms with Crippen LogP contribution in [0.3, 0.4) is 0 Å². The highest BCUT2D eigenvalue weighted by molar-refractivity contribution is 5.12. The van der Waals surface area contributed by atoms with Gasteiger partial charge in [0.25, 0.3) is 0 Å². The minimum Gasteiger partial charge on any atom is -0.396 e. The summed E-state index contributed by atoms with van der Waals surface area (Å²) in [4.78, 5) is 0. The van der Waals surface area contributed by atoms with Crippen molar-refractivity contribution in [2.24, 2.45) is 0 Å². The Morgan fingerprint density at radius 2 is 2.10 bits per heavy atom. The molecular formula is C14H22N2O4. The van der Waals surface area contributed by atoms with Crippen LogP contribution in [0.5, 0.6) is 0 Å². The molecule has 3 rings (SSSR count). The number of rotatable bonds is 6. The van der Waals surface area contributed by atoms with E-state index >= 15 is 0 Å². The molecule has 2 aliphatic heterocycles. The third kappa shape index (κ3) is 3.20. The standard InChI is InChI=1S/C14H22N2O4/c17-4-1-13-7-12(16-20-13)8-14(9-19-10-14)15-11-2-5-18-6-3-11/h7,11,15,17H,1-6,8-10H2. The highest BCUT2D eigenvalue weighted by atomic mass is 16.5. The predicted molar refractivity (Wildman–Crippen MR) is 71.5 cm³/mol. The molecule has 2 saturated heterocycles. The SMILES string of the molecule is OCCc1cc(CC2(NC3CCOCC3)COC2)no1. The second kappa shape index (κ2) is 6.22. The summed E-state index contributed by atoms with van der Waals surface area (Å²) in [6.07, 6.45) is 3.43. The molecule has 1 aromatic heterocycles. The van der Waals surface area contributed by atoms with E-state index < -0.39 is 0 Å². The van der Waals surface area contributed by atoms with Crippen molar-refractivity contribution < 1.29 is 19.1 Å². The van der Waals surface area contributed by atoms with Crippen LogP contribution in [-0.2, 0) is 22.3 Å². The average molecular weight is 282 g/mol. The second-order valence-electron chi connectivity index (χ2n) is 5.74. The van der Waals surface area contributed by atoms with Crippen LogP contribution < -0.4 is 5.32 Å². The van der Waals surface area contributed by atoms with Crippen LogP contribution in [-0.4, -0.2) is 54.9 Å². The number of nitrogens with zero attached hydrogens (tertiary/aromatic N) is 1. The smallest absolute Gasteiger partial charge is 0.139 e. The molecule has 0 spiro atoms. The minimum absolute atomic E-state index is 0.0185. The lowest BCUT2D eigenvalue weighted by Gasteiger charge is -2.45. The van der Waals surface area contributed by atoms with Gasteiger partial charge in [-0.25, -0.2) is 0 Å². The fourth-order valence-electron chi connectivity index (χ4n) is 2.87. The molecule has 6 nitrogen and oxygen atoms in total. The van der Waals surface area contributed by atoms with Gasteiger partial charge in [-0.05, 0) is 12.8 Å². The number of aliphatic hydroxyl groups is 1. The Hall–Kier alpha value is -0.950. The molecule has 1 aromatic rings. The van der Waals surface area contributed by atoms with Crippen molar-refractivity contribution in [3.05, 3.63) is 17.5 Å². The Morgan fingerprint density at radius 3 is 2.75 bits per heavy atom. The second-order valence-corrected chi connectivity index (χ2v) is 5.74. The molecule has 2 fully saturated rings. The number of hydrogen-bond acceptors (Lipinski definition) is 6. The van der Waals surface area contributed by atoms with Crippen LogP contribution in [0.1, 0.15) is 24.3 Å². The van der Waals surface area contributed by atoms with Gasteiger partial charge >= 0.3 is 0 Å². The molecule has 0 amide bonds. The average Bonchev–Trinajstić information content (AvgIpc) is 2.85. The van der Waals surface area contributed by atoms with Gasteiger partial charge in [-0.1, -0.05) is 5.16 Å². The minimum atomic E-state index is -0.0185. The molecule has 0 atom stereocenters. The normalized spacial score (nSPS) is 22.6. The summed E-state index contributed by atoms with van der Waals surface area (Å²) in [5, 5.41) is 16.7. The molecule has 112 valence electrons. The zero-order valence-corrected chi connectivity index (χ0v) is 11.6. The van der Waals surface area contributed by atoms with Gasteiger partial charge in [0.1, 0.15) is 5.76 Å². The van der Waals surface area contributed by atoms with Gasteiger partial charge < -0.3 is 24.4 Å². The van der Waals surface area contributed by atoms with Crippen LogP contribution in [0.15, 0.2) is 10.6 Å². The largest absolute Gasteiger partial charge is 0.396 e. The summed E-state index contributed by atoms with van der Waals surface area (Å²) in [6.45, 7) is 3.18. The van der Waals surface area contributed by atoms with Gasteiger partial charge in [0.15, 0.2) is 0 Å².